The van der Waals surface area contributed by atoms with Crippen LogP contribution in [0, 0.1) is 5.82 Å². The molecule has 1 amide bonds. The molecular formula is C21H23ClFNO3. The molecule has 3 atom stereocenters. The highest BCUT2D eigenvalue weighted by atomic mass is 35.5. The van der Waals surface area contributed by atoms with Crippen LogP contribution in [0.3, 0.4) is 0 Å². The molecule has 1 aliphatic heterocycles. The minimum atomic E-state index is -0.520. The molecule has 3 rings (SSSR count). The maximum atomic E-state index is 13.3. The van der Waals surface area contributed by atoms with E-state index < -0.39 is 5.54 Å². The Morgan fingerprint density at radius 1 is 1.15 bits per heavy atom. The third kappa shape index (κ3) is 5.06. The first kappa shape index (κ1) is 19.8. The van der Waals surface area contributed by atoms with Crippen molar-refractivity contribution in [3.8, 4) is 0 Å². The molecule has 2 aromatic carbocycles. The molecule has 0 bridgehead atoms. The van der Waals surface area contributed by atoms with Crippen LogP contribution in [-0.2, 0) is 9.53 Å². The molecule has 0 radical (unpaired) electrons. The summed E-state index contributed by atoms with van der Waals surface area (Å²) >= 11 is 5.99. The van der Waals surface area contributed by atoms with Gasteiger partial charge in [0, 0.05) is 29.8 Å². The van der Waals surface area contributed by atoms with E-state index in [1.54, 1.807) is 12.1 Å². The second kappa shape index (κ2) is 8.38. The number of benzene rings is 2. The van der Waals surface area contributed by atoms with E-state index >= 15 is 0 Å². The molecule has 1 saturated heterocycles. The van der Waals surface area contributed by atoms with Crippen molar-refractivity contribution in [1.82, 2.24) is 5.32 Å². The van der Waals surface area contributed by atoms with Crippen molar-refractivity contribution in [3.63, 3.8) is 0 Å². The van der Waals surface area contributed by atoms with Gasteiger partial charge in [-0.3, -0.25) is 4.79 Å². The Morgan fingerprint density at radius 3 is 2.19 bits per heavy atom. The van der Waals surface area contributed by atoms with Gasteiger partial charge in [-0.05, 0) is 42.3 Å². The number of amides is 1. The minimum Gasteiger partial charge on any atom is -0.396 e. The number of rotatable bonds is 5. The molecule has 1 heterocycles. The highest BCUT2D eigenvalue weighted by molar-refractivity contribution is 6.30. The van der Waals surface area contributed by atoms with Crippen molar-refractivity contribution < 1.29 is 19.0 Å². The number of hydrogen-bond donors (Lipinski definition) is 2. The molecular weight excluding hydrogens is 369 g/mol. The molecule has 6 heteroatoms. The average Bonchev–Trinajstić information content (AvgIpc) is 2.62. The molecule has 0 saturated carbocycles. The van der Waals surface area contributed by atoms with E-state index in [2.05, 4.69) is 5.32 Å². The maximum absolute atomic E-state index is 13.3. The van der Waals surface area contributed by atoms with E-state index in [1.165, 1.54) is 12.1 Å². The Balaban J connectivity index is 1.88. The number of halogens is 2. The number of aliphatic hydroxyl groups is 1. The summed E-state index contributed by atoms with van der Waals surface area (Å²) in [7, 11) is 0. The van der Waals surface area contributed by atoms with Crippen LogP contribution in [0.1, 0.15) is 49.5 Å². The number of nitrogens with one attached hydrogen (secondary N) is 1. The third-order valence-electron chi connectivity index (χ3n) is 4.86. The Hall–Kier alpha value is -1.95. The van der Waals surface area contributed by atoms with E-state index in [1.807, 2.05) is 31.2 Å². The molecule has 0 aliphatic carbocycles. The summed E-state index contributed by atoms with van der Waals surface area (Å²) in [6.45, 7) is 1.78. The Kier molecular flexibility index (Phi) is 6.15. The fourth-order valence-corrected chi connectivity index (χ4v) is 3.67. The zero-order chi connectivity index (χ0) is 19.4. The van der Waals surface area contributed by atoms with Gasteiger partial charge in [-0.25, -0.2) is 4.39 Å². The fourth-order valence-electron chi connectivity index (χ4n) is 3.55. The molecule has 0 unspecified atom stereocenters. The van der Waals surface area contributed by atoms with E-state index in [9.17, 15) is 9.18 Å². The number of hydrogen-bond acceptors (Lipinski definition) is 3. The topological polar surface area (TPSA) is 58.6 Å². The summed E-state index contributed by atoms with van der Waals surface area (Å²) in [5, 5.41) is 12.7. The number of carbonyl (C=O) groups excluding carboxylic acids is 1. The van der Waals surface area contributed by atoms with E-state index in [-0.39, 0.29) is 37.0 Å². The summed E-state index contributed by atoms with van der Waals surface area (Å²) in [4.78, 5) is 12.1. The summed E-state index contributed by atoms with van der Waals surface area (Å²) in [5.41, 5.74) is 1.31. The van der Waals surface area contributed by atoms with E-state index in [0.717, 1.165) is 11.1 Å². The van der Waals surface area contributed by atoms with Gasteiger partial charge >= 0.3 is 0 Å². The first-order valence-electron chi connectivity index (χ1n) is 8.97. The molecule has 1 aliphatic rings. The summed E-state index contributed by atoms with van der Waals surface area (Å²) in [5.74, 6) is -0.502. The largest absolute Gasteiger partial charge is 0.396 e. The highest BCUT2D eigenvalue weighted by Gasteiger charge is 2.40. The van der Waals surface area contributed by atoms with Gasteiger partial charge in [0.05, 0.1) is 18.8 Å². The lowest BCUT2D eigenvalue weighted by Crippen LogP contribution is -2.51. The lowest BCUT2D eigenvalue weighted by atomic mass is 9.81. The van der Waals surface area contributed by atoms with Gasteiger partial charge in [-0.15, -0.1) is 0 Å². The second-order valence-corrected chi connectivity index (χ2v) is 7.64. The van der Waals surface area contributed by atoms with Crippen molar-refractivity contribution in [2.75, 3.05) is 6.61 Å². The fraction of sp³-hybridized carbons (Fsp3) is 0.381. The van der Waals surface area contributed by atoms with Gasteiger partial charge < -0.3 is 15.2 Å². The molecule has 1 fully saturated rings. The predicted octanol–water partition coefficient (Wildman–Crippen LogP) is 4.33. The van der Waals surface area contributed by atoms with Crippen molar-refractivity contribution in [3.05, 3.63) is 70.5 Å². The van der Waals surface area contributed by atoms with Crippen LogP contribution in [-0.4, -0.2) is 23.2 Å². The zero-order valence-electron chi connectivity index (χ0n) is 15.1. The van der Waals surface area contributed by atoms with E-state index in [4.69, 9.17) is 21.4 Å². The van der Waals surface area contributed by atoms with Crippen molar-refractivity contribution in [2.45, 2.75) is 43.9 Å². The van der Waals surface area contributed by atoms with Crippen molar-refractivity contribution in [1.29, 1.82) is 0 Å². The maximum Gasteiger partial charge on any atom is 0.222 e. The lowest BCUT2D eigenvalue weighted by Gasteiger charge is -2.43. The summed E-state index contributed by atoms with van der Waals surface area (Å²) in [6.07, 6.45) is 0.664. The molecule has 4 nitrogen and oxygen atoms in total. The average molecular weight is 392 g/mol. The lowest BCUT2D eigenvalue weighted by molar-refractivity contribution is -0.129. The Labute approximate surface area is 163 Å². The molecule has 144 valence electrons. The minimum absolute atomic E-state index is 0.0588. The molecule has 27 heavy (non-hydrogen) atoms. The molecule has 0 aromatic heterocycles. The summed E-state index contributed by atoms with van der Waals surface area (Å²) in [6, 6.07) is 13.7. The number of ether oxygens (including phenoxy) is 1. The zero-order valence-corrected chi connectivity index (χ0v) is 15.9. The first-order chi connectivity index (χ1) is 12.9. The van der Waals surface area contributed by atoms with Crippen LogP contribution in [0.25, 0.3) is 0 Å². The molecule has 0 spiro atoms. The van der Waals surface area contributed by atoms with E-state index in [0.29, 0.717) is 17.9 Å². The Morgan fingerprint density at radius 2 is 1.67 bits per heavy atom. The van der Waals surface area contributed by atoms with Crippen LogP contribution < -0.4 is 5.32 Å². The molecule has 2 N–H and O–H groups in total. The number of carbonyl (C=O) groups is 1. The normalized spacial score (nSPS) is 25.2. The Bertz CT molecular complexity index is 726. The van der Waals surface area contributed by atoms with Gasteiger partial charge in [0.15, 0.2) is 0 Å². The summed E-state index contributed by atoms with van der Waals surface area (Å²) < 4.78 is 19.6. The smallest absolute Gasteiger partial charge is 0.222 e. The van der Waals surface area contributed by atoms with Gasteiger partial charge in [0.1, 0.15) is 5.82 Å². The van der Waals surface area contributed by atoms with Crippen LogP contribution in [0.2, 0.25) is 5.02 Å². The first-order valence-corrected chi connectivity index (χ1v) is 9.34. The highest BCUT2D eigenvalue weighted by Crippen LogP contribution is 2.43. The molecule has 2 aromatic rings. The van der Waals surface area contributed by atoms with Gasteiger partial charge in [-0.1, -0.05) is 35.9 Å². The van der Waals surface area contributed by atoms with Crippen LogP contribution >= 0.6 is 11.6 Å². The van der Waals surface area contributed by atoms with Crippen molar-refractivity contribution in [2.24, 2.45) is 0 Å². The monoisotopic (exact) mass is 391 g/mol. The SMILES string of the molecule is C[C@]1(NC(=O)CCO)C[C@@H](c2ccc(F)cc2)O[C@@H](c2ccc(Cl)cc2)C1. The second-order valence-electron chi connectivity index (χ2n) is 7.21. The predicted molar refractivity (Wildman–Crippen MR) is 102 cm³/mol. The van der Waals surface area contributed by atoms with Gasteiger partial charge in [-0.2, -0.15) is 0 Å². The number of aliphatic hydroxyl groups excluding tert-OH is 1. The standard InChI is InChI=1S/C21H23ClFNO3/c1-21(24-20(26)10-11-25)12-18(14-2-6-16(22)7-3-14)27-19(13-21)15-4-8-17(23)9-5-15/h2-9,18-19,25H,10-13H2,1H3,(H,24,26)/t18-,19+,21-/m1/s1. The van der Waals surface area contributed by atoms with Crippen LogP contribution in [0.15, 0.2) is 48.5 Å². The van der Waals surface area contributed by atoms with Gasteiger partial charge in [0.25, 0.3) is 0 Å². The van der Waals surface area contributed by atoms with Crippen LogP contribution in [0.4, 0.5) is 4.39 Å². The third-order valence-corrected chi connectivity index (χ3v) is 5.12. The van der Waals surface area contributed by atoms with Gasteiger partial charge in [0.2, 0.25) is 5.91 Å². The quantitative estimate of drug-likeness (QED) is 0.797. The van der Waals surface area contributed by atoms with Crippen LogP contribution in [0.5, 0.6) is 0 Å². The van der Waals surface area contributed by atoms with Crippen molar-refractivity contribution >= 4 is 17.5 Å².